The van der Waals surface area contributed by atoms with Gasteiger partial charge in [0.1, 0.15) is 0 Å². The number of likely N-dealkylation sites (tertiary alicyclic amines) is 1. The number of hydrogen-bond donors (Lipinski definition) is 0. The molecule has 1 aromatic carbocycles. The highest BCUT2D eigenvalue weighted by molar-refractivity contribution is 6.30. The molecule has 0 aliphatic carbocycles. The molecule has 2 heterocycles. The summed E-state index contributed by atoms with van der Waals surface area (Å²) < 4.78 is 0. The minimum absolute atomic E-state index is 0.0703. The first-order valence-corrected chi connectivity index (χ1v) is 7.54. The van der Waals surface area contributed by atoms with Crippen molar-refractivity contribution in [1.29, 1.82) is 0 Å². The number of halogens is 1. The minimum Gasteiger partial charge on any atom is -0.373 e. The highest BCUT2D eigenvalue weighted by atomic mass is 35.5. The van der Waals surface area contributed by atoms with Gasteiger partial charge in [-0.3, -0.25) is 4.79 Å². The third-order valence-corrected chi connectivity index (χ3v) is 4.46. The number of amides is 1. The van der Waals surface area contributed by atoms with E-state index in [0.29, 0.717) is 11.6 Å². The van der Waals surface area contributed by atoms with Crippen LogP contribution >= 0.6 is 11.6 Å². The Morgan fingerprint density at radius 2 is 1.80 bits per heavy atom. The molecule has 0 unspecified atom stereocenters. The number of carbonyl (C=O) groups is 1. The maximum Gasteiger partial charge on any atom is 0.253 e. The van der Waals surface area contributed by atoms with Crippen molar-refractivity contribution in [2.75, 3.05) is 24.5 Å². The van der Waals surface area contributed by atoms with E-state index in [1.165, 1.54) is 12.8 Å². The molecule has 0 N–H and O–H groups in total. The molecule has 1 fully saturated rings. The lowest BCUT2D eigenvalue weighted by atomic mass is 9.99. The highest BCUT2D eigenvalue weighted by Crippen LogP contribution is 2.27. The first-order valence-electron chi connectivity index (χ1n) is 7.16. The molecule has 0 radical (unpaired) electrons. The van der Waals surface area contributed by atoms with Gasteiger partial charge in [-0.05, 0) is 43.0 Å². The number of nitrogens with zero attached hydrogens (tertiary/aromatic N) is 2. The summed E-state index contributed by atoms with van der Waals surface area (Å²) in [4.78, 5) is 16.3. The quantitative estimate of drug-likeness (QED) is 0.834. The smallest absolute Gasteiger partial charge is 0.253 e. The van der Waals surface area contributed by atoms with Gasteiger partial charge < -0.3 is 9.80 Å². The van der Waals surface area contributed by atoms with Crippen LogP contribution in [0.1, 0.15) is 19.8 Å². The second kappa shape index (κ2) is 5.49. The Hall–Kier alpha value is -1.48. The Balaban J connectivity index is 1.70. The largest absolute Gasteiger partial charge is 0.373 e. The zero-order valence-electron chi connectivity index (χ0n) is 11.7. The average Bonchev–Trinajstić information content (AvgIpc) is 2.82. The molecule has 2 aliphatic rings. The minimum atomic E-state index is 0.0703. The molecule has 4 heteroatoms. The first kappa shape index (κ1) is 13.5. The Morgan fingerprint density at radius 3 is 2.45 bits per heavy atom. The number of carbonyl (C=O) groups excluding carboxylic acids is 1. The van der Waals surface area contributed by atoms with Gasteiger partial charge in [0.25, 0.3) is 5.91 Å². The SMILES string of the molecule is CC1CCN(C2=CC(=O)N(c3ccc(Cl)cc3)C2)CC1. The van der Waals surface area contributed by atoms with Crippen molar-refractivity contribution >= 4 is 23.2 Å². The van der Waals surface area contributed by atoms with E-state index >= 15 is 0 Å². The molecule has 106 valence electrons. The van der Waals surface area contributed by atoms with Crippen LogP contribution in [0.5, 0.6) is 0 Å². The van der Waals surface area contributed by atoms with Gasteiger partial charge in [0, 0.05) is 35.6 Å². The van der Waals surface area contributed by atoms with E-state index in [1.54, 1.807) is 6.08 Å². The van der Waals surface area contributed by atoms with E-state index < -0.39 is 0 Å². The fourth-order valence-electron chi connectivity index (χ4n) is 2.83. The molecule has 3 rings (SSSR count). The first-order chi connectivity index (χ1) is 9.63. The molecular weight excluding hydrogens is 272 g/mol. The van der Waals surface area contributed by atoms with Crippen LogP contribution in [-0.2, 0) is 4.79 Å². The van der Waals surface area contributed by atoms with Crippen molar-refractivity contribution in [3.8, 4) is 0 Å². The van der Waals surface area contributed by atoms with Crippen LogP contribution in [0.15, 0.2) is 36.0 Å². The van der Waals surface area contributed by atoms with Gasteiger partial charge in [-0.2, -0.15) is 0 Å². The van der Waals surface area contributed by atoms with Crippen molar-refractivity contribution in [3.63, 3.8) is 0 Å². The van der Waals surface area contributed by atoms with Gasteiger partial charge in [-0.1, -0.05) is 18.5 Å². The predicted octanol–water partition coefficient (Wildman–Crippen LogP) is 3.30. The summed E-state index contributed by atoms with van der Waals surface area (Å²) in [6, 6.07) is 7.44. The van der Waals surface area contributed by atoms with Crippen LogP contribution in [0.3, 0.4) is 0 Å². The zero-order chi connectivity index (χ0) is 14.1. The molecule has 3 nitrogen and oxygen atoms in total. The summed E-state index contributed by atoms with van der Waals surface area (Å²) in [6.07, 6.45) is 4.21. The number of piperidine rings is 1. The Labute approximate surface area is 124 Å². The fraction of sp³-hybridized carbons (Fsp3) is 0.438. The number of anilines is 1. The second-order valence-electron chi connectivity index (χ2n) is 5.71. The summed E-state index contributed by atoms with van der Waals surface area (Å²) in [5.74, 6) is 0.872. The number of hydrogen-bond acceptors (Lipinski definition) is 2. The lowest BCUT2D eigenvalue weighted by Crippen LogP contribution is -2.35. The van der Waals surface area contributed by atoms with Gasteiger partial charge in [0.15, 0.2) is 0 Å². The maximum absolute atomic E-state index is 12.2. The summed E-state index contributed by atoms with van der Waals surface area (Å²) in [6.45, 7) is 5.10. The molecule has 1 saturated heterocycles. The molecule has 1 amide bonds. The van der Waals surface area contributed by atoms with Crippen molar-refractivity contribution in [1.82, 2.24) is 4.90 Å². The Bertz CT molecular complexity index is 530. The Kier molecular flexibility index (Phi) is 3.70. The molecular formula is C16H19ClN2O. The monoisotopic (exact) mass is 290 g/mol. The molecule has 0 bridgehead atoms. The van der Waals surface area contributed by atoms with Crippen LogP contribution in [0, 0.1) is 5.92 Å². The number of rotatable bonds is 2. The van der Waals surface area contributed by atoms with Crippen LogP contribution in [-0.4, -0.2) is 30.4 Å². The molecule has 0 saturated carbocycles. The third-order valence-electron chi connectivity index (χ3n) is 4.20. The standard InChI is InChI=1S/C16H19ClN2O/c1-12-6-8-18(9-7-12)15-10-16(20)19(11-15)14-4-2-13(17)3-5-14/h2-5,10,12H,6-9,11H2,1H3. The summed E-state index contributed by atoms with van der Waals surface area (Å²) in [5.41, 5.74) is 2.06. The Morgan fingerprint density at radius 1 is 1.15 bits per heavy atom. The van der Waals surface area contributed by atoms with E-state index in [-0.39, 0.29) is 5.91 Å². The lowest BCUT2D eigenvalue weighted by Gasteiger charge is -2.33. The van der Waals surface area contributed by atoms with E-state index in [2.05, 4.69) is 11.8 Å². The van der Waals surface area contributed by atoms with E-state index in [4.69, 9.17) is 11.6 Å². The van der Waals surface area contributed by atoms with Crippen LogP contribution in [0.2, 0.25) is 5.02 Å². The topological polar surface area (TPSA) is 23.6 Å². The van der Waals surface area contributed by atoms with Gasteiger partial charge in [-0.15, -0.1) is 0 Å². The molecule has 0 spiro atoms. The lowest BCUT2D eigenvalue weighted by molar-refractivity contribution is -0.113. The van der Waals surface area contributed by atoms with Gasteiger partial charge in [0.2, 0.25) is 0 Å². The van der Waals surface area contributed by atoms with Gasteiger partial charge in [-0.25, -0.2) is 0 Å². The average molecular weight is 291 g/mol. The van der Waals surface area contributed by atoms with Crippen molar-refractivity contribution in [2.45, 2.75) is 19.8 Å². The highest BCUT2D eigenvalue weighted by Gasteiger charge is 2.27. The normalized spacial score (nSPS) is 20.5. The summed E-state index contributed by atoms with van der Waals surface area (Å²) >= 11 is 5.89. The van der Waals surface area contributed by atoms with Crippen LogP contribution < -0.4 is 4.90 Å². The summed E-state index contributed by atoms with van der Waals surface area (Å²) in [7, 11) is 0. The molecule has 20 heavy (non-hydrogen) atoms. The van der Waals surface area contributed by atoms with Crippen molar-refractivity contribution in [3.05, 3.63) is 41.1 Å². The van der Waals surface area contributed by atoms with Gasteiger partial charge in [0.05, 0.1) is 6.54 Å². The van der Waals surface area contributed by atoms with Gasteiger partial charge >= 0.3 is 0 Å². The number of benzene rings is 1. The molecule has 2 aliphatic heterocycles. The van der Waals surface area contributed by atoms with Crippen LogP contribution in [0.4, 0.5) is 5.69 Å². The zero-order valence-corrected chi connectivity index (χ0v) is 12.4. The van der Waals surface area contributed by atoms with Crippen molar-refractivity contribution < 1.29 is 4.79 Å². The molecule has 0 aromatic heterocycles. The summed E-state index contributed by atoms with van der Waals surface area (Å²) in [5, 5.41) is 0.693. The van der Waals surface area contributed by atoms with Crippen molar-refractivity contribution in [2.24, 2.45) is 5.92 Å². The van der Waals surface area contributed by atoms with E-state index in [0.717, 1.165) is 30.4 Å². The van der Waals surface area contributed by atoms with E-state index in [9.17, 15) is 4.79 Å². The maximum atomic E-state index is 12.2. The second-order valence-corrected chi connectivity index (χ2v) is 6.14. The molecule has 1 aromatic rings. The van der Waals surface area contributed by atoms with E-state index in [1.807, 2.05) is 29.2 Å². The fourth-order valence-corrected chi connectivity index (χ4v) is 2.96. The van der Waals surface area contributed by atoms with Crippen LogP contribution in [0.25, 0.3) is 0 Å². The molecule has 0 atom stereocenters. The predicted molar refractivity (Wildman–Crippen MR) is 81.9 cm³/mol. The third kappa shape index (κ3) is 2.68.